The van der Waals surface area contributed by atoms with Crippen LogP contribution in [-0.2, 0) is 14.4 Å². The summed E-state index contributed by atoms with van der Waals surface area (Å²) < 4.78 is 5.39. The number of aliphatic carboxylic acids is 1. The van der Waals surface area contributed by atoms with Gasteiger partial charge in [0.2, 0.25) is 5.91 Å². The lowest BCUT2D eigenvalue weighted by Crippen LogP contribution is -2.20. The first-order chi connectivity index (χ1) is 12.8. The standard InChI is InChI=1S/C18H19N3O5S/c1-18(2)13(14(18)16(24)25)15(23)20-10-3-5-11(6-4-10)26-9-12(22)21-17-19-7-8-27-17/h3-8,13-14H,9H2,1-2H3,(H,20,23)(H,24,25)(H,19,21,22)/t13-,14+/m1/s1. The fraction of sp³-hybridized carbons (Fsp3) is 0.333. The zero-order valence-electron chi connectivity index (χ0n) is 14.8. The van der Waals surface area contributed by atoms with Crippen molar-refractivity contribution in [2.24, 2.45) is 17.3 Å². The molecule has 1 aromatic carbocycles. The number of hydrogen-bond donors (Lipinski definition) is 3. The van der Waals surface area contributed by atoms with E-state index < -0.39 is 23.2 Å². The summed E-state index contributed by atoms with van der Waals surface area (Å²) in [5.74, 6) is -2.35. The zero-order chi connectivity index (χ0) is 19.6. The van der Waals surface area contributed by atoms with Crippen LogP contribution in [0.15, 0.2) is 35.8 Å². The minimum absolute atomic E-state index is 0.165. The largest absolute Gasteiger partial charge is 0.484 e. The molecule has 1 saturated carbocycles. The maximum absolute atomic E-state index is 12.3. The summed E-state index contributed by atoms with van der Waals surface area (Å²) >= 11 is 1.31. The van der Waals surface area contributed by atoms with Gasteiger partial charge in [-0.2, -0.15) is 0 Å². The van der Waals surface area contributed by atoms with Gasteiger partial charge < -0.3 is 15.2 Å². The zero-order valence-corrected chi connectivity index (χ0v) is 15.6. The van der Waals surface area contributed by atoms with Crippen LogP contribution in [-0.4, -0.2) is 34.5 Å². The third-order valence-corrected chi connectivity index (χ3v) is 5.23. The third kappa shape index (κ3) is 4.25. The van der Waals surface area contributed by atoms with E-state index in [-0.39, 0.29) is 18.4 Å². The van der Waals surface area contributed by atoms with Crippen LogP contribution in [0.4, 0.5) is 10.8 Å². The Kier molecular flexibility index (Phi) is 5.13. The molecule has 3 rings (SSSR count). The summed E-state index contributed by atoms with van der Waals surface area (Å²) in [5, 5.41) is 16.8. The molecule has 1 fully saturated rings. The van der Waals surface area contributed by atoms with Crippen molar-refractivity contribution >= 4 is 39.9 Å². The van der Waals surface area contributed by atoms with E-state index in [1.165, 1.54) is 11.3 Å². The van der Waals surface area contributed by atoms with Gasteiger partial charge >= 0.3 is 5.97 Å². The number of carboxylic acid groups (broad SMARTS) is 1. The highest BCUT2D eigenvalue weighted by atomic mass is 32.1. The van der Waals surface area contributed by atoms with Crippen LogP contribution >= 0.6 is 11.3 Å². The fourth-order valence-corrected chi connectivity index (χ4v) is 3.58. The van der Waals surface area contributed by atoms with E-state index in [2.05, 4.69) is 15.6 Å². The van der Waals surface area contributed by atoms with Crippen molar-refractivity contribution in [3.63, 3.8) is 0 Å². The van der Waals surface area contributed by atoms with Crippen LogP contribution in [0.5, 0.6) is 5.75 Å². The first-order valence-corrected chi connectivity index (χ1v) is 9.13. The quantitative estimate of drug-likeness (QED) is 0.670. The number of ether oxygens (including phenoxy) is 1. The Morgan fingerprint density at radius 3 is 2.44 bits per heavy atom. The molecule has 1 heterocycles. The van der Waals surface area contributed by atoms with E-state index in [0.29, 0.717) is 16.6 Å². The van der Waals surface area contributed by atoms with Crippen molar-refractivity contribution < 1.29 is 24.2 Å². The highest BCUT2D eigenvalue weighted by Crippen LogP contribution is 2.58. The van der Waals surface area contributed by atoms with Gasteiger partial charge in [0.25, 0.3) is 5.91 Å². The summed E-state index contributed by atoms with van der Waals surface area (Å²) in [6, 6.07) is 6.52. The molecule has 0 spiro atoms. The molecule has 2 amide bonds. The van der Waals surface area contributed by atoms with Crippen LogP contribution in [0.3, 0.4) is 0 Å². The van der Waals surface area contributed by atoms with Crippen molar-refractivity contribution in [3.8, 4) is 5.75 Å². The number of benzene rings is 1. The van der Waals surface area contributed by atoms with Crippen LogP contribution in [0.25, 0.3) is 0 Å². The molecule has 0 radical (unpaired) electrons. The Bertz CT molecular complexity index is 848. The molecular formula is C18H19N3O5S. The first kappa shape index (κ1) is 18.8. The summed E-state index contributed by atoms with van der Waals surface area (Å²) in [7, 11) is 0. The minimum Gasteiger partial charge on any atom is -0.484 e. The van der Waals surface area contributed by atoms with Crippen LogP contribution < -0.4 is 15.4 Å². The SMILES string of the molecule is CC1(C)[C@H](C(=O)O)[C@@H]1C(=O)Nc1ccc(OCC(=O)Nc2nccs2)cc1. The number of nitrogens with zero attached hydrogens (tertiary/aromatic N) is 1. The molecule has 1 aromatic heterocycles. The van der Waals surface area contributed by atoms with E-state index >= 15 is 0 Å². The van der Waals surface area contributed by atoms with Gasteiger partial charge in [0.05, 0.1) is 11.8 Å². The van der Waals surface area contributed by atoms with Crippen molar-refractivity contribution in [3.05, 3.63) is 35.8 Å². The average Bonchev–Trinajstić information content (AvgIpc) is 2.92. The van der Waals surface area contributed by atoms with E-state index in [0.717, 1.165) is 0 Å². The molecule has 1 aliphatic rings. The van der Waals surface area contributed by atoms with Crippen LogP contribution in [0, 0.1) is 17.3 Å². The van der Waals surface area contributed by atoms with E-state index in [9.17, 15) is 14.4 Å². The Balaban J connectivity index is 1.49. The third-order valence-electron chi connectivity index (χ3n) is 4.55. The van der Waals surface area contributed by atoms with E-state index in [1.807, 2.05) is 0 Å². The molecule has 2 atom stereocenters. The van der Waals surface area contributed by atoms with E-state index in [1.54, 1.807) is 49.7 Å². The number of rotatable bonds is 7. The molecule has 0 aliphatic heterocycles. The summed E-state index contributed by atoms with van der Waals surface area (Å²) in [5.41, 5.74) is -0.0181. The number of aromatic nitrogens is 1. The van der Waals surface area contributed by atoms with Crippen molar-refractivity contribution in [2.75, 3.05) is 17.2 Å². The maximum Gasteiger partial charge on any atom is 0.307 e. The highest BCUT2D eigenvalue weighted by Gasteiger charge is 2.65. The predicted molar refractivity (Wildman–Crippen MR) is 99.7 cm³/mol. The van der Waals surface area contributed by atoms with Gasteiger partial charge in [0.15, 0.2) is 11.7 Å². The summed E-state index contributed by atoms with van der Waals surface area (Å²) in [4.78, 5) is 39.2. The van der Waals surface area contributed by atoms with Gasteiger partial charge in [-0.05, 0) is 29.7 Å². The molecule has 0 unspecified atom stereocenters. The predicted octanol–water partition coefficient (Wildman–Crippen LogP) is 2.46. The maximum atomic E-state index is 12.3. The molecule has 8 nitrogen and oxygen atoms in total. The normalized spacial score (nSPS) is 19.8. The van der Waals surface area contributed by atoms with Crippen molar-refractivity contribution in [1.82, 2.24) is 4.98 Å². The van der Waals surface area contributed by atoms with Crippen molar-refractivity contribution in [1.29, 1.82) is 0 Å². The molecule has 142 valence electrons. The summed E-state index contributed by atoms with van der Waals surface area (Å²) in [6.07, 6.45) is 1.59. The van der Waals surface area contributed by atoms with Gasteiger partial charge in [-0.1, -0.05) is 13.8 Å². The minimum atomic E-state index is -0.958. The smallest absolute Gasteiger partial charge is 0.307 e. The molecule has 27 heavy (non-hydrogen) atoms. The molecule has 9 heteroatoms. The molecule has 0 bridgehead atoms. The Labute approximate surface area is 159 Å². The number of carbonyl (C=O) groups excluding carboxylic acids is 2. The number of anilines is 2. The number of carboxylic acids is 1. The number of carbonyl (C=O) groups is 3. The Hall–Kier alpha value is -2.94. The fourth-order valence-electron chi connectivity index (χ4n) is 3.03. The second-order valence-corrected chi connectivity index (χ2v) is 7.70. The number of amides is 2. The summed E-state index contributed by atoms with van der Waals surface area (Å²) in [6.45, 7) is 3.37. The second kappa shape index (κ2) is 7.36. The molecule has 0 saturated heterocycles. The molecule has 3 N–H and O–H groups in total. The second-order valence-electron chi connectivity index (χ2n) is 6.80. The first-order valence-electron chi connectivity index (χ1n) is 8.25. The number of nitrogens with one attached hydrogen (secondary N) is 2. The van der Waals surface area contributed by atoms with Gasteiger partial charge in [0, 0.05) is 17.3 Å². The lowest BCUT2D eigenvalue weighted by atomic mass is 10.1. The van der Waals surface area contributed by atoms with Crippen molar-refractivity contribution in [2.45, 2.75) is 13.8 Å². The Morgan fingerprint density at radius 2 is 1.89 bits per heavy atom. The topological polar surface area (TPSA) is 118 Å². The highest BCUT2D eigenvalue weighted by molar-refractivity contribution is 7.13. The Morgan fingerprint density at radius 1 is 1.19 bits per heavy atom. The number of hydrogen-bond acceptors (Lipinski definition) is 6. The molecule has 1 aliphatic carbocycles. The lowest BCUT2D eigenvalue weighted by molar-refractivity contribution is -0.140. The monoisotopic (exact) mass is 389 g/mol. The molecular weight excluding hydrogens is 370 g/mol. The van der Waals surface area contributed by atoms with Gasteiger partial charge in [-0.15, -0.1) is 11.3 Å². The van der Waals surface area contributed by atoms with Gasteiger partial charge in [0.1, 0.15) is 5.75 Å². The van der Waals surface area contributed by atoms with Crippen LogP contribution in [0.1, 0.15) is 13.8 Å². The van der Waals surface area contributed by atoms with Crippen LogP contribution in [0.2, 0.25) is 0 Å². The van der Waals surface area contributed by atoms with Gasteiger partial charge in [-0.25, -0.2) is 4.98 Å². The lowest BCUT2D eigenvalue weighted by Gasteiger charge is -2.09. The average molecular weight is 389 g/mol. The van der Waals surface area contributed by atoms with Gasteiger partial charge in [-0.3, -0.25) is 19.7 Å². The van der Waals surface area contributed by atoms with E-state index in [4.69, 9.17) is 9.84 Å². The molecule has 2 aromatic rings. The number of thiazole rings is 1.